The van der Waals surface area contributed by atoms with Crippen LogP contribution >= 0.6 is 0 Å². The Hall–Kier alpha value is -2.89. The molecule has 0 bridgehead atoms. The molecule has 0 radical (unpaired) electrons. The van der Waals surface area contributed by atoms with E-state index in [1.165, 1.54) is 0 Å². The zero-order valence-corrected chi connectivity index (χ0v) is 15.9. The maximum Gasteiger partial charge on any atom is 0.193 e. The van der Waals surface area contributed by atoms with E-state index in [1.807, 2.05) is 42.5 Å². The molecule has 0 amide bonds. The highest BCUT2D eigenvalue weighted by Gasteiger charge is 2.10. The second kappa shape index (κ2) is 9.16. The molecule has 0 atom stereocenters. The Balaban J connectivity index is 1.60. The monoisotopic (exact) mass is 369 g/mol. The Morgan fingerprint density at radius 1 is 1.15 bits per heavy atom. The van der Waals surface area contributed by atoms with Crippen LogP contribution in [0.4, 0.5) is 5.69 Å². The number of aliphatic imine (C=N–C) groups is 1. The van der Waals surface area contributed by atoms with Gasteiger partial charge in [0.05, 0.1) is 26.4 Å². The van der Waals surface area contributed by atoms with Crippen LogP contribution in [0.15, 0.2) is 47.5 Å². The number of nitrogens with zero attached hydrogens (tertiary/aromatic N) is 1. The number of nitrogens with one attached hydrogen (secondary N) is 1. The molecule has 1 aliphatic heterocycles. The van der Waals surface area contributed by atoms with Crippen LogP contribution in [0.5, 0.6) is 17.2 Å². The Bertz CT molecular complexity index is 790. The van der Waals surface area contributed by atoms with Gasteiger partial charge in [-0.1, -0.05) is 26.0 Å². The summed E-state index contributed by atoms with van der Waals surface area (Å²) in [6.45, 7) is 6.74. The number of anilines is 1. The predicted molar refractivity (Wildman–Crippen MR) is 108 cm³/mol. The summed E-state index contributed by atoms with van der Waals surface area (Å²) in [5.41, 5.74) is 7.89. The lowest BCUT2D eigenvalue weighted by atomic mass is 10.2. The van der Waals surface area contributed by atoms with Crippen molar-refractivity contribution in [3.8, 4) is 17.2 Å². The van der Waals surface area contributed by atoms with Crippen LogP contribution in [-0.2, 0) is 6.54 Å². The molecule has 0 unspecified atom stereocenters. The van der Waals surface area contributed by atoms with Gasteiger partial charge in [-0.15, -0.1) is 0 Å². The summed E-state index contributed by atoms with van der Waals surface area (Å²) in [6.07, 6.45) is 0.876. The fourth-order valence-electron chi connectivity index (χ4n) is 2.60. The second-order valence-electron chi connectivity index (χ2n) is 6.89. The van der Waals surface area contributed by atoms with Crippen LogP contribution in [0.3, 0.4) is 0 Å². The van der Waals surface area contributed by atoms with E-state index in [2.05, 4.69) is 24.2 Å². The quantitative estimate of drug-likeness (QED) is 0.598. The Morgan fingerprint density at radius 2 is 1.96 bits per heavy atom. The number of fused-ring (bicyclic) bond motifs is 1. The summed E-state index contributed by atoms with van der Waals surface area (Å²) >= 11 is 0. The molecule has 6 nitrogen and oxygen atoms in total. The highest BCUT2D eigenvalue weighted by atomic mass is 16.5. The first-order valence-corrected chi connectivity index (χ1v) is 9.28. The minimum absolute atomic E-state index is 0.345. The standard InChI is InChI=1S/C21H27N3O3/c1-15(2)14-27-18-6-3-5-16(11-18)13-23-21(22)24-17-7-8-19-20(12-17)26-10-4-9-25-19/h3,5-8,11-12,15H,4,9-10,13-14H2,1-2H3,(H3,22,23,24). The lowest BCUT2D eigenvalue weighted by Crippen LogP contribution is -2.22. The van der Waals surface area contributed by atoms with E-state index in [4.69, 9.17) is 19.9 Å². The second-order valence-corrected chi connectivity index (χ2v) is 6.89. The molecule has 3 N–H and O–H groups in total. The molecule has 144 valence electrons. The number of hydrogen-bond acceptors (Lipinski definition) is 4. The number of rotatable bonds is 6. The number of ether oxygens (including phenoxy) is 3. The van der Waals surface area contributed by atoms with Gasteiger partial charge in [-0.05, 0) is 35.7 Å². The van der Waals surface area contributed by atoms with E-state index in [9.17, 15) is 0 Å². The SMILES string of the molecule is CC(C)COc1cccc(CN=C(N)Nc2ccc3c(c2)OCCCO3)c1. The maximum absolute atomic E-state index is 6.03. The van der Waals surface area contributed by atoms with Gasteiger partial charge in [0.2, 0.25) is 0 Å². The lowest BCUT2D eigenvalue weighted by Gasteiger charge is -2.11. The van der Waals surface area contributed by atoms with Gasteiger partial charge in [-0.2, -0.15) is 0 Å². The molecular weight excluding hydrogens is 342 g/mol. The van der Waals surface area contributed by atoms with Crippen LogP contribution in [0.2, 0.25) is 0 Å². The smallest absolute Gasteiger partial charge is 0.193 e. The highest BCUT2D eigenvalue weighted by Crippen LogP contribution is 2.32. The summed E-state index contributed by atoms with van der Waals surface area (Å²) in [7, 11) is 0. The van der Waals surface area contributed by atoms with Gasteiger partial charge in [-0.25, -0.2) is 4.99 Å². The molecule has 0 spiro atoms. The van der Waals surface area contributed by atoms with E-state index < -0.39 is 0 Å². The van der Waals surface area contributed by atoms with Gasteiger partial charge >= 0.3 is 0 Å². The molecule has 0 aromatic heterocycles. The minimum Gasteiger partial charge on any atom is -0.493 e. The first kappa shape index (κ1) is 18.9. The first-order chi connectivity index (χ1) is 13.1. The van der Waals surface area contributed by atoms with E-state index in [1.54, 1.807) is 0 Å². The van der Waals surface area contributed by atoms with E-state index in [-0.39, 0.29) is 0 Å². The summed E-state index contributed by atoms with van der Waals surface area (Å²) in [6, 6.07) is 13.6. The Labute approximate surface area is 160 Å². The zero-order valence-electron chi connectivity index (χ0n) is 15.9. The Kier molecular flexibility index (Phi) is 6.41. The van der Waals surface area contributed by atoms with Crippen molar-refractivity contribution in [3.63, 3.8) is 0 Å². The summed E-state index contributed by atoms with van der Waals surface area (Å²) < 4.78 is 17.1. The van der Waals surface area contributed by atoms with Crippen molar-refractivity contribution in [2.75, 3.05) is 25.1 Å². The minimum atomic E-state index is 0.345. The third-order valence-corrected chi connectivity index (χ3v) is 3.93. The summed E-state index contributed by atoms with van der Waals surface area (Å²) in [4.78, 5) is 4.41. The van der Waals surface area contributed by atoms with Gasteiger partial charge in [0.1, 0.15) is 5.75 Å². The highest BCUT2D eigenvalue weighted by molar-refractivity contribution is 5.92. The van der Waals surface area contributed by atoms with Crippen molar-refractivity contribution < 1.29 is 14.2 Å². The van der Waals surface area contributed by atoms with Crippen molar-refractivity contribution in [1.29, 1.82) is 0 Å². The van der Waals surface area contributed by atoms with E-state index in [0.717, 1.165) is 34.9 Å². The molecule has 6 heteroatoms. The van der Waals surface area contributed by atoms with Gasteiger partial charge in [0.15, 0.2) is 17.5 Å². The average Bonchev–Trinajstić information content (AvgIpc) is 2.90. The van der Waals surface area contributed by atoms with Crippen LogP contribution in [0.1, 0.15) is 25.8 Å². The van der Waals surface area contributed by atoms with Crippen molar-refractivity contribution in [2.24, 2.45) is 16.6 Å². The predicted octanol–water partition coefficient (Wildman–Crippen LogP) is 3.81. The van der Waals surface area contributed by atoms with Crippen LogP contribution < -0.4 is 25.3 Å². The third-order valence-electron chi connectivity index (χ3n) is 3.93. The molecule has 2 aromatic carbocycles. The summed E-state index contributed by atoms with van der Waals surface area (Å²) in [5, 5.41) is 3.10. The molecule has 1 heterocycles. The molecular formula is C21H27N3O3. The number of guanidine groups is 1. The fourth-order valence-corrected chi connectivity index (χ4v) is 2.60. The molecule has 0 aliphatic carbocycles. The largest absolute Gasteiger partial charge is 0.493 e. The normalized spacial score (nSPS) is 14.0. The lowest BCUT2D eigenvalue weighted by molar-refractivity contribution is 0.271. The zero-order chi connectivity index (χ0) is 19.1. The molecule has 3 rings (SSSR count). The van der Waals surface area contributed by atoms with Gasteiger partial charge < -0.3 is 25.3 Å². The number of nitrogens with two attached hydrogens (primary N) is 1. The van der Waals surface area contributed by atoms with E-state index in [0.29, 0.717) is 38.2 Å². The molecule has 1 aliphatic rings. The molecule has 0 fully saturated rings. The van der Waals surface area contributed by atoms with E-state index >= 15 is 0 Å². The van der Waals surface area contributed by atoms with Crippen molar-refractivity contribution in [1.82, 2.24) is 0 Å². The Morgan fingerprint density at radius 3 is 2.78 bits per heavy atom. The first-order valence-electron chi connectivity index (χ1n) is 9.28. The molecule has 27 heavy (non-hydrogen) atoms. The van der Waals surface area contributed by atoms with Crippen molar-refractivity contribution in [3.05, 3.63) is 48.0 Å². The maximum atomic E-state index is 6.03. The fraction of sp³-hybridized carbons (Fsp3) is 0.381. The molecule has 2 aromatic rings. The number of benzene rings is 2. The topological polar surface area (TPSA) is 78.1 Å². The summed E-state index contributed by atoms with van der Waals surface area (Å²) in [5.74, 6) is 3.16. The van der Waals surface area contributed by atoms with Gasteiger partial charge in [-0.3, -0.25) is 0 Å². The van der Waals surface area contributed by atoms with Crippen molar-refractivity contribution >= 4 is 11.6 Å². The van der Waals surface area contributed by atoms with Crippen molar-refractivity contribution in [2.45, 2.75) is 26.8 Å². The van der Waals surface area contributed by atoms with Crippen LogP contribution in [0, 0.1) is 5.92 Å². The third kappa shape index (κ3) is 5.81. The molecule has 0 saturated heterocycles. The molecule has 0 saturated carbocycles. The van der Waals surface area contributed by atoms with Crippen LogP contribution in [-0.4, -0.2) is 25.8 Å². The van der Waals surface area contributed by atoms with Gasteiger partial charge in [0.25, 0.3) is 0 Å². The number of hydrogen-bond donors (Lipinski definition) is 2. The van der Waals surface area contributed by atoms with Gasteiger partial charge in [0, 0.05) is 18.2 Å². The van der Waals surface area contributed by atoms with Crippen LogP contribution in [0.25, 0.3) is 0 Å². The average molecular weight is 369 g/mol.